The highest BCUT2D eigenvalue weighted by Crippen LogP contribution is 2.39. The lowest BCUT2D eigenvalue weighted by Gasteiger charge is -2.14. The topological polar surface area (TPSA) is 99.6 Å². The first-order chi connectivity index (χ1) is 16.5. The van der Waals surface area contributed by atoms with Gasteiger partial charge in [-0.25, -0.2) is 9.97 Å². The molecule has 1 aromatic carbocycles. The van der Waals surface area contributed by atoms with Crippen molar-refractivity contribution in [2.75, 3.05) is 31.9 Å². The molecule has 4 rings (SSSR count). The summed E-state index contributed by atoms with van der Waals surface area (Å²) in [5.41, 5.74) is 2.33. The summed E-state index contributed by atoms with van der Waals surface area (Å²) in [7, 11) is 1.78. The molecule has 8 nitrogen and oxygen atoms in total. The van der Waals surface area contributed by atoms with E-state index in [1.54, 1.807) is 32.5 Å². The number of nitrogens with zero attached hydrogens (tertiary/aromatic N) is 2. The molecule has 0 amide bonds. The molecule has 0 bridgehead atoms. The zero-order valence-corrected chi connectivity index (χ0v) is 21.3. The molecule has 1 atom stereocenters. The van der Waals surface area contributed by atoms with Crippen molar-refractivity contribution in [2.45, 2.75) is 44.9 Å². The van der Waals surface area contributed by atoms with E-state index in [9.17, 15) is 9.00 Å². The Kier molecular flexibility index (Phi) is 7.99. The number of anilines is 1. The van der Waals surface area contributed by atoms with Gasteiger partial charge in [-0.2, -0.15) is 0 Å². The molecule has 0 aliphatic heterocycles. The predicted octanol–water partition coefficient (Wildman–Crippen LogP) is 4.01. The van der Waals surface area contributed by atoms with E-state index in [2.05, 4.69) is 5.32 Å². The van der Waals surface area contributed by atoms with Crippen LogP contribution in [0.2, 0.25) is 0 Å². The normalized spacial score (nSPS) is 13.9. The number of esters is 1. The summed E-state index contributed by atoms with van der Waals surface area (Å²) >= 11 is 1.69. The Bertz CT molecular complexity index is 1210. The van der Waals surface area contributed by atoms with Crippen LogP contribution in [0.5, 0.6) is 11.5 Å². The number of fused-ring (bicyclic) bond motifs is 3. The number of hydrogen-bond donors (Lipinski definition) is 1. The number of hydrogen-bond acceptors (Lipinski definition) is 9. The van der Waals surface area contributed by atoms with Gasteiger partial charge in [0.15, 0.2) is 11.5 Å². The first kappa shape index (κ1) is 24.4. The van der Waals surface area contributed by atoms with Crippen molar-refractivity contribution in [3.05, 3.63) is 40.0 Å². The van der Waals surface area contributed by atoms with E-state index in [0.29, 0.717) is 23.9 Å². The Hall–Kier alpha value is -2.72. The molecular weight excluding hydrogens is 474 g/mol. The summed E-state index contributed by atoms with van der Waals surface area (Å²) in [5.74, 6) is 2.00. The third-order valence-electron chi connectivity index (χ3n) is 5.64. The van der Waals surface area contributed by atoms with Gasteiger partial charge < -0.3 is 19.5 Å². The Balaban J connectivity index is 1.62. The second kappa shape index (κ2) is 11.1. The lowest BCUT2D eigenvalue weighted by molar-refractivity contribution is -0.139. The van der Waals surface area contributed by atoms with Crippen LogP contribution < -0.4 is 14.8 Å². The fourth-order valence-corrected chi connectivity index (χ4v) is 6.25. The zero-order chi connectivity index (χ0) is 24.1. The minimum atomic E-state index is -1.44. The molecule has 0 fully saturated rings. The van der Waals surface area contributed by atoms with E-state index >= 15 is 0 Å². The van der Waals surface area contributed by atoms with Crippen LogP contribution in [0, 0.1) is 0 Å². The number of carbonyl (C=O) groups excluding carboxylic acids is 1. The number of methoxy groups -OCH3 is 2. The molecule has 2 aromatic heterocycles. The van der Waals surface area contributed by atoms with Gasteiger partial charge in [0.1, 0.15) is 22.2 Å². The first-order valence-corrected chi connectivity index (χ1v) is 13.6. The molecule has 0 spiro atoms. The molecule has 2 heterocycles. The monoisotopic (exact) mass is 503 g/mol. The van der Waals surface area contributed by atoms with E-state index < -0.39 is 16.8 Å². The van der Waals surface area contributed by atoms with Crippen LogP contribution >= 0.6 is 11.3 Å². The minimum absolute atomic E-state index is 0.0996. The standard InChI is InChI=1S/C24H29N3O5S2/c1-4-32-21(28)14-34(29)13-20-26-23(22-16-7-5-6-8-19(16)33-24(22)27-20)25-12-15-9-10-17(30-2)18(11-15)31-3/h9-11H,4-8,12-14H2,1-3H3,(H,25,26,27). The van der Waals surface area contributed by atoms with Crippen LogP contribution in [0.4, 0.5) is 5.82 Å². The zero-order valence-electron chi connectivity index (χ0n) is 19.6. The van der Waals surface area contributed by atoms with Crippen LogP contribution in [0.3, 0.4) is 0 Å². The highest BCUT2D eigenvalue weighted by Gasteiger charge is 2.22. The molecule has 1 unspecified atom stereocenters. The molecule has 10 heteroatoms. The number of aryl methyl sites for hydroxylation is 2. The maximum Gasteiger partial charge on any atom is 0.318 e. The second-order valence-corrected chi connectivity index (χ2v) is 10.5. The quantitative estimate of drug-likeness (QED) is 0.414. The Morgan fingerprint density at radius 2 is 1.94 bits per heavy atom. The highest BCUT2D eigenvalue weighted by molar-refractivity contribution is 7.84. The number of nitrogens with one attached hydrogen (secondary N) is 1. The van der Waals surface area contributed by atoms with Gasteiger partial charge in [-0.1, -0.05) is 6.07 Å². The number of rotatable bonds is 10. The molecule has 0 radical (unpaired) electrons. The number of carbonyl (C=O) groups is 1. The van der Waals surface area contributed by atoms with Crippen LogP contribution in [0.25, 0.3) is 10.2 Å². The van der Waals surface area contributed by atoms with Gasteiger partial charge in [0, 0.05) is 22.2 Å². The van der Waals surface area contributed by atoms with Gasteiger partial charge in [0.05, 0.1) is 32.0 Å². The summed E-state index contributed by atoms with van der Waals surface area (Å²) in [6.45, 7) is 2.53. The molecular formula is C24H29N3O5S2. The Morgan fingerprint density at radius 3 is 2.71 bits per heavy atom. The number of benzene rings is 1. The highest BCUT2D eigenvalue weighted by atomic mass is 32.2. The van der Waals surface area contributed by atoms with Gasteiger partial charge in [0.25, 0.3) is 0 Å². The van der Waals surface area contributed by atoms with Gasteiger partial charge in [0.2, 0.25) is 0 Å². The van der Waals surface area contributed by atoms with Crippen molar-refractivity contribution >= 4 is 44.1 Å². The molecule has 1 aliphatic carbocycles. The van der Waals surface area contributed by atoms with Gasteiger partial charge >= 0.3 is 5.97 Å². The van der Waals surface area contributed by atoms with Crippen molar-refractivity contribution in [1.29, 1.82) is 0 Å². The van der Waals surface area contributed by atoms with E-state index in [1.807, 2.05) is 18.2 Å². The average molecular weight is 504 g/mol. The van der Waals surface area contributed by atoms with Crippen molar-refractivity contribution in [2.24, 2.45) is 0 Å². The summed E-state index contributed by atoms with van der Waals surface area (Å²) in [6, 6.07) is 5.79. The summed E-state index contributed by atoms with van der Waals surface area (Å²) < 4.78 is 28.2. The predicted molar refractivity (Wildman–Crippen MR) is 134 cm³/mol. The van der Waals surface area contributed by atoms with E-state index in [0.717, 1.165) is 40.9 Å². The van der Waals surface area contributed by atoms with Crippen LogP contribution in [0.1, 0.15) is 41.6 Å². The largest absolute Gasteiger partial charge is 0.493 e. The van der Waals surface area contributed by atoms with Gasteiger partial charge in [-0.15, -0.1) is 11.3 Å². The fraction of sp³-hybridized carbons (Fsp3) is 0.458. The lowest BCUT2D eigenvalue weighted by atomic mass is 9.97. The Labute approximate surface area is 205 Å². The summed E-state index contributed by atoms with van der Waals surface area (Å²) in [5, 5.41) is 4.53. The maximum absolute atomic E-state index is 12.5. The summed E-state index contributed by atoms with van der Waals surface area (Å²) in [6.07, 6.45) is 4.39. The van der Waals surface area contributed by atoms with Gasteiger partial charge in [-0.05, 0) is 55.9 Å². The molecule has 1 aliphatic rings. The Morgan fingerprint density at radius 1 is 1.15 bits per heavy atom. The van der Waals surface area contributed by atoms with Crippen molar-refractivity contribution in [3.63, 3.8) is 0 Å². The minimum Gasteiger partial charge on any atom is -0.493 e. The van der Waals surface area contributed by atoms with Crippen molar-refractivity contribution in [3.8, 4) is 11.5 Å². The number of aromatic nitrogens is 2. The maximum atomic E-state index is 12.5. The van der Waals surface area contributed by atoms with E-state index in [4.69, 9.17) is 24.2 Å². The average Bonchev–Trinajstić information content (AvgIpc) is 3.20. The second-order valence-electron chi connectivity index (χ2n) is 7.96. The third kappa shape index (κ3) is 5.50. The summed E-state index contributed by atoms with van der Waals surface area (Å²) in [4.78, 5) is 23.5. The lowest BCUT2D eigenvalue weighted by Crippen LogP contribution is -2.16. The number of thiophene rings is 1. The van der Waals surface area contributed by atoms with Crippen molar-refractivity contribution < 1.29 is 23.2 Å². The first-order valence-electron chi connectivity index (χ1n) is 11.3. The SMILES string of the molecule is CCOC(=O)CS(=O)Cc1nc(NCc2ccc(OC)c(OC)c2)c2c3c(sc2n1)CCCC3. The fourth-order valence-electron chi connectivity index (χ4n) is 4.10. The molecule has 1 N–H and O–H groups in total. The number of ether oxygens (including phenoxy) is 3. The smallest absolute Gasteiger partial charge is 0.318 e. The molecule has 3 aromatic rings. The van der Waals surface area contributed by atoms with E-state index in [1.165, 1.54) is 16.9 Å². The van der Waals surface area contributed by atoms with Crippen LogP contribution in [0.15, 0.2) is 18.2 Å². The third-order valence-corrected chi connectivity index (χ3v) is 7.97. The van der Waals surface area contributed by atoms with Crippen molar-refractivity contribution in [1.82, 2.24) is 9.97 Å². The van der Waals surface area contributed by atoms with Crippen LogP contribution in [-0.4, -0.2) is 46.7 Å². The molecule has 0 saturated heterocycles. The van der Waals surface area contributed by atoms with E-state index in [-0.39, 0.29) is 18.1 Å². The molecule has 34 heavy (non-hydrogen) atoms. The molecule has 182 valence electrons. The van der Waals surface area contributed by atoms with Gasteiger partial charge in [-0.3, -0.25) is 9.00 Å². The molecule has 0 saturated carbocycles. The van der Waals surface area contributed by atoms with Crippen LogP contribution in [-0.2, 0) is 45.5 Å².